The lowest BCUT2D eigenvalue weighted by Crippen LogP contribution is -2.29. The molecule has 1 heterocycles. The fraction of sp³-hybridized carbons (Fsp3) is 0.438. The highest BCUT2D eigenvalue weighted by Crippen LogP contribution is 2.29. The molecule has 0 spiro atoms. The number of nitrogens with two attached hydrogens (primary N) is 1. The number of benzene rings is 1. The molecule has 3 heteroatoms. The normalized spacial score (nSPS) is 11.9. The van der Waals surface area contributed by atoms with Crippen LogP contribution in [0.2, 0.25) is 0 Å². The molecular weight excluding hydrogens is 234 g/mol. The molecule has 0 fully saturated rings. The van der Waals surface area contributed by atoms with Crippen molar-refractivity contribution in [3.63, 3.8) is 0 Å². The average molecular weight is 257 g/mol. The summed E-state index contributed by atoms with van der Waals surface area (Å²) in [6.07, 6.45) is 0. The number of hydrogen-bond acceptors (Lipinski definition) is 2. The minimum atomic E-state index is -0.124. The second-order valence-corrected chi connectivity index (χ2v) is 5.97. The van der Waals surface area contributed by atoms with Crippen molar-refractivity contribution in [1.29, 1.82) is 0 Å². The number of hydrogen-bond donors (Lipinski definition) is 2. The molecule has 0 aliphatic rings. The van der Waals surface area contributed by atoms with Crippen LogP contribution < -0.4 is 5.73 Å². The molecule has 2 rings (SSSR count). The van der Waals surface area contributed by atoms with E-state index in [2.05, 4.69) is 57.8 Å². The van der Waals surface area contributed by atoms with Crippen molar-refractivity contribution >= 4 is 0 Å². The van der Waals surface area contributed by atoms with Gasteiger partial charge in [0.15, 0.2) is 0 Å². The molecule has 0 aliphatic heterocycles. The SMILES string of the molecule is Cc1ccc(C)c(-c2nc(C(C)(C)CN)[nH]c2C)c1. The first-order valence-electron chi connectivity index (χ1n) is 6.70. The van der Waals surface area contributed by atoms with Gasteiger partial charge in [-0.05, 0) is 32.4 Å². The van der Waals surface area contributed by atoms with Gasteiger partial charge in [-0.3, -0.25) is 0 Å². The first-order valence-corrected chi connectivity index (χ1v) is 6.70. The summed E-state index contributed by atoms with van der Waals surface area (Å²) in [6.45, 7) is 11.1. The number of rotatable bonds is 3. The zero-order chi connectivity index (χ0) is 14.2. The Morgan fingerprint density at radius 2 is 1.89 bits per heavy atom. The molecule has 19 heavy (non-hydrogen) atoms. The first-order chi connectivity index (χ1) is 8.85. The van der Waals surface area contributed by atoms with Gasteiger partial charge in [0.2, 0.25) is 0 Å². The molecule has 0 bridgehead atoms. The summed E-state index contributed by atoms with van der Waals surface area (Å²) >= 11 is 0. The Bertz CT molecular complexity index is 594. The summed E-state index contributed by atoms with van der Waals surface area (Å²) in [7, 11) is 0. The van der Waals surface area contributed by atoms with Crippen LogP contribution in [0, 0.1) is 20.8 Å². The van der Waals surface area contributed by atoms with Crippen LogP contribution in [0.5, 0.6) is 0 Å². The largest absolute Gasteiger partial charge is 0.345 e. The van der Waals surface area contributed by atoms with Crippen LogP contribution >= 0.6 is 0 Å². The summed E-state index contributed by atoms with van der Waals surface area (Å²) in [5.74, 6) is 0.961. The van der Waals surface area contributed by atoms with E-state index in [9.17, 15) is 0 Å². The van der Waals surface area contributed by atoms with E-state index in [1.807, 2.05) is 0 Å². The standard InChI is InChI=1S/C16H23N3/c1-10-6-7-11(2)13(8-10)14-12(3)18-15(19-14)16(4,5)9-17/h6-8H,9,17H2,1-5H3,(H,18,19). The smallest absolute Gasteiger partial charge is 0.113 e. The van der Waals surface area contributed by atoms with E-state index in [0.717, 1.165) is 17.2 Å². The van der Waals surface area contributed by atoms with E-state index in [4.69, 9.17) is 10.7 Å². The van der Waals surface area contributed by atoms with Gasteiger partial charge in [-0.1, -0.05) is 31.5 Å². The Labute approximate surface area is 115 Å². The van der Waals surface area contributed by atoms with Gasteiger partial charge in [0.05, 0.1) is 5.69 Å². The maximum atomic E-state index is 5.83. The molecule has 0 amide bonds. The van der Waals surface area contributed by atoms with Crippen molar-refractivity contribution < 1.29 is 0 Å². The predicted molar refractivity (Wildman–Crippen MR) is 80.3 cm³/mol. The van der Waals surface area contributed by atoms with Crippen LogP contribution in [0.1, 0.15) is 36.5 Å². The van der Waals surface area contributed by atoms with Crippen molar-refractivity contribution in [2.75, 3.05) is 6.54 Å². The number of imidazole rings is 1. The molecule has 1 aromatic heterocycles. The van der Waals surface area contributed by atoms with Crippen molar-refractivity contribution in [3.8, 4) is 11.3 Å². The van der Waals surface area contributed by atoms with E-state index in [0.29, 0.717) is 6.54 Å². The van der Waals surface area contributed by atoms with Crippen molar-refractivity contribution in [2.45, 2.75) is 40.0 Å². The number of H-pyrrole nitrogens is 1. The molecule has 0 atom stereocenters. The van der Waals surface area contributed by atoms with Crippen LogP contribution in [0.3, 0.4) is 0 Å². The number of nitrogens with one attached hydrogen (secondary N) is 1. The van der Waals surface area contributed by atoms with Gasteiger partial charge < -0.3 is 10.7 Å². The van der Waals surface area contributed by atoms with Crippen LogP contribution in [0.4, 0.5) is 0 Å². The monoisotopic (exact) mass is 257 g/mol. The summed E-state index contributed by atoms with van der Waals surface area (Å²) in [6, 6.07) is 6.47. The zero-order valence-electron chi connectivity index (χ0n) is 12.5. The Morgan fingerprint density at radius 3 is 2.53 bits per heavy atom. The molecule has 0 saturated carbocycles. The third-order valence-corrected chi connectivity index (χ3v) is 3.68. The van der Waals surface area contributed by atoms with Gasteiger partial charge in [0, 0.05) is 23.2 Å². The third-order valence-electron chi connectivity index (χ3n) is 3.68. The van der Waals surface area contributed by atoms with Gasteiger partial charge >= 0.3 is 0 Å². The highest BCUT2D eigenvalue weighted by molar-refractivity contribution is 5.66. The lowest BCUT2D eigenvalue weighted by molar-refractivity contribution is 0.507. The number of aromatic amines is 1. The minimum absolute atomic E-state index is 0.124. The molecule has 3 N–H and O–H groups in total. The average Bonchev–Trinajstić information content (AvgIpc) is 2.75. The van der Waals surface area contributed by atoms with E-state index in [1.54, 1.807) is 0 Å². The van der Waals surface area contributed by atoms with E-state index < -0.39 is 0 Å². The van der Waals surface area contributed by atoms with Gasteiger partial charge in [0.1, 0.15) is 5.82 Å². The van der Waals surface area contributed by atoms with Gasteiger partial charge in [-0.2, -0.15) is 0 Å². The second-order valence-electron chi connectivity index (χ2n) is 5.97. The lowest BCUT2D eigenvalue weighted by atomic mass is 9.93. The van der Waals surface area contributed by atoms with Gasteiger partial charge in [-0.25, -0.2) is 4.98 Å². The van der Waals surface area contributed by atoms with Gasteiger partial charge in [0.25, 0.3) is 0 Å². The fourth-order valence-corrected chi connectivity index (χ4v) is 2.13. The van der Waals surface area contributed by atoms with Gasteiger partial charge in [-0.15, -0.1) is 0 Å². The Morgan fingerprint density at radius 1 is 1.21 bits per heavy atom. The Kier molecular flexibility index (Phi) is 3.50. The summed E-state index contributed by atoms with van der Waals surface area (Å²) in [5.41, 5.74) is 11.5. The van der Waals surface area contributed by atoms with Crippen LogP contribution in [0.15, 0.2) is 18.2 Å². The maximum Gasteiger partial charge on any atom is 0.113 e. The lowest BCUT2D eigenvalue weighted by Gasteiger charge is -2.18. The van der Waals surface area contributed by atoms with Crippen LogP contribution in [-0.2, 0) is 5.41 Å². The Balaban J connectivity index is 2.55. The molecule has 0 unspecified atom stereocenters. The van der Waals surface area contributed by atoms with E-state index >= 15 is 0 Å². The van der Waals surface area contributed by atoms with Crippen molar-refractivity contribution in [1.82, 2.24) is 9.97 Å². The fourth-order valence-electron chi connectivity index (χ4n) is 2.13. The van der Waals surface area contributed by atoms with E-state index in [1.165, 1.54) is 16.7 Å². The Hall–Kier alpha value is -1.61. The molecular formula is C16H23N3. The molecule has 1 aromatic carbocycles. The third kappa shape index (κ3) is 2.56. The maximum absolute atomic E-state index is 5.83. The number of aryl methyl sites for hydroxylation is 3. The highest BCUT2D eigenvalue weighted by atomic mass is 15.0. The quantitative estimate of drug-likeness (QED) is 0.887. The summed E-state index contributed by atoms with van der Waals surface area (Å²) < 4.78 is 0. The summed E-state index contributed by atoms with van der Waals surface area (Å²) in [5, 5.41) is 0. The van der Waals surface area contributed by atoms with Crippen LogP contribution in [0.25, 0.3) is 11.3 Å². The molecule has 0 saturated heterocycles. The molecule has 0 aliphatic carbocycles. The number of nitrogens with zero attached hydrogens (tertiary/aromatic N) is 1. The summed E-state index contributed by atoms with van der Waals surface area (Å²) in [4.78, 5) is 8.18. The van der Waals surface area contributed by atoms with Crippen molar-refractivity contribution in [3.05, 3.63) is 40.8 Å². The second kappa shape index (κ2) is 4.82. The highest BCUT2D eigenvalue weighted by Gasteiger charge is 2.24. The molecule has 3 nitrogen and oxygen atoms in total. The van der Waals surface area contributed by atoms with Crippen LogP contribution in [-0.4, -0.2) is 16.5 Å². The van der Waals surface area contributed by atoms with E-state index in [-0.39, 0.29) is 5.41 Å². The topological polar surface area (TPSA) is 54.7 Å². The predicted octanol–water partition coefficient (Wildman–Crippen LogP) is 3.24. The molecule has 0 radical (unpaired) electrons. The zero-order valence-corrected chi connectivity index (χ0v) is 12.5. The van der Waals surface area contributed by atoms with Crippen molar-refractivity contribution in [2.24, 2.45) is 5.73 Å². The first kappa shape index (κ1) is 13.8. The number of aromatic nitrogens is 2. The minimum Gasteiger partial charge on any atom is -0.345 e. The molecule has 2 aromatic rings. The molecule has 102 valence electrons.